The first kappa shape index (κ1) is 27.5. The van der Waals surface area contributed by atoms with E-state index in [0.29, 0.717) is 5.92 Å². The highest BCUT2D eigenvalue weighted by molar-refractivity contribution is 5.69. The van der Waals surface area contributed by atoms with Crippen molar-refractivity contribution in [1.29, 1.82) is 0 Å². The molecule has 168 valence electrons. The minimum atomic E-state index is -0.572. The van der Waals surface area contributed by atoms with Gasteiger partial charge < -0.3 is 5.11 Å². The molecular weight excluding hydrogens is 344 g/mol. The summed E-state index contributed by atoms with van der Waals surface area (Å²) < 4.78 is 0. The molecule has 2 unspecified atom stereocenters. The molecule has 0 saturated carbocycles. The predicted molar refractivity (Wildman–Crippen MR) is 124 cm³/mol. The molecule has 0 rings (SSSR count). The molecule has 0 aliphatic heterocycles. The van der Waals surface area contributed by atoms with Crippen LogP contribution < -0.4 is 0 Å². The zero-order valence-electron chi connectivity index (χ0n) is 19.8. The van der Waals surface area contributed by atoms with E-state index < -0.39 is 5.97 Å². The second-order valence-corrected chi connectivity index (χ2v) is 9.72. The fourth-order valence-electron chi connectivity index (χ4n) is 4.13. The first-order valence-electron chi connectivity index (χ1n) is 12.7. The van der Waals surface area contributed by atoms with E-state index in [0.717, 1.165) is 31.6 Å². The average Bonchev–Trinajstić information content (AvgIpc) is 2.64. The maximum Gasteiger partial charge on any atom is 0.306 e. The summed E-state index contributed by atoms with van der Waals surface area (Å²) in [6.45, 7) is 9.12. The first-order valence-corrected chi connectivity index (χ1v) is 12.7. The van der Waals surface area contributed by atoms with Gasteiger partial charge in [-0.2, -0.15) is 0 Å². The van der Waals surface area contributed by atoms with Gasteiger partial charge in [-0.25, -0.2) is 0 Å². The maximum absolute atomic E-state index is 11.5. The van der Waals surface area contributed by atoms with E-state index in [1.165, 1.54) is 89.9 Å². The largest absolute Gasteiger partial charge is 0.481 e. The molecule has 0 aromatic heterocycles. The highest BCUT2D eigenvalue weighted by Crippen LogP contribution is 2.23. The summed E-state index contributed by atoms with van der Waals surface area (Å²) in [6, 6.07) is 0. The SMILES string of the molecule is CCCCCCCCCCCCCCC(CCC(C)CCCC(C)C)C(=O)O. The Morgan fingerprint density at radius 1 is 0.607 bits per heavy atom. The van der Waals surface area contributed by atoms with Crippen LogP contribution in [0.5, 0.6) is 0 Å². The number of unbranched alkanes of at least 4 members (excludes halogenated alkanes) is 11. The van der Waals surface area contributed by atoms with Gasteiger partial charge in [0.05, 0.1) is 5.92 Å². The van der Waals surface area contributed by atoms with Crippen LogP contribution in [0.4, 0.5) is 0 Å². The van der Waals surface area contributed by atoms with Crippen molar-refractivity contribution in [2.24, 2.45) is 17.8 Å². The molecule has 0 aliphatic carbocycles. The minimum absolute atomic E-state index is 0.115. The van der Waals surface area contributed by atoms with E-state index in [1.807, 2.05) is 0 Å². The lowest BCUT2D eigenvalue weighted by molar-refractivity contribution is -0.142. The first-order chi connectivity index (χ1) is 13.5. The summed E-state index contributed by atoms with van der Waals surface area (Å²) in [5, 5.41) is 9.51. The molecule has 0 aromatic rings. The van der Waals surface area contributed by atoms with Crippen LogP contribution in [0.15, 0.2) is 0 Å². The Labute approximate surface area is 177 Å². The van der Waals surface area contributed by atoms with E-state index >= 15 is 0 Å². The Kier molecular flexibility index (Phi) is 19.4. The third-order valence-corrected chi connectivity index (χ3v) is 6.24. The predicted octanol–water partition coefficient (Wildman–Crippen LogP) is 9.02. The molecule has 0 fully saturated rings. The van der Waals surface area contributed by atoms with Crippen molar-refractivity contribution >= 4 is 5.97 Å². The lowest BCUT2D eigenvalue weighted by atomic mass is 9.89. The molecule has 0 aliphatic rings. The number of aliphatic carboxylic acids is 1. The van der Waals surface area contributed by atoms with Gasteiger partial charge in [0.25, 0.3) is 0 Å². The van der Waals surface area contributed by atoms with E-state index in [2.05, 4.69) is 27.7 Å². The highest BCUT2D eigenvalue weighted by Gasteiger charge is 2.18. The average molecular weight is 397 g/mol. The molecule has 2 nitrogen and oxygen atoms in total. The van der Waals surface area contributed by atoms with E-state index in [9.17, 15) is 9.90 Å². The van der Waals surface area contributed by atoms with Gasteiger partial charge in [0.1, 0.15) is 0 Å². The zero-order valence-corrected chi connectivity index (χ0v) is 19.8. The van der Waals surface area contributed by atoms with Gasteiger partial charge in [-0.15, -0.1) is 0 Å². The van der Waals surface area contributed by atoms with Crippen LogP contribution in [0, 0.1) is 17.8 Å². The number of carboxylic acids is 1. The van der Waals surface area contributed by atoms with Gasteiger partial charge in [0.2, 0.25) is 0 Å². The van der Waals surface area contributed by atoms with Crippen LogP contribution in [0.2, 0.25) is 0 Å². The molecule has 0 heterocycles. The highest BCUT2D eigenvalue weighted by atomic mass is 16.4. The van der Waals surface area contributed by atoms with E-state index in [4.69, 9.17) is 0 Å². The molecule has 0 spiro atoms. The second-order valence-electron chi connectivity index (χ2n) is 9.72. The molecule has 0 radical (unpaired) electrons. The lowest BCUT2D eigenvalue weighted by Crippen LogP contribution is -2.15. The normalized spacial score (nSPS) is 13.8. The Morgan fingerprint density at radius 3 is 1.57 bits per heavy atom. The smallest absolute Gasteiger partial charge is 0.306 e. The molecule has 1 N–H and O–H groups in total. The number of hydrogen-bond donors (Lipinski definition) is 1. The molecular formula is C26H52O2. The van der Waals surface area contributed by atoms with Gasteiger partial charge in [-0.3, -0.25) is 4.79 Å². The summed E-state index contributed by atoms with van der Waals surface area (Å²) in [5.41, 5.74) is 0. The van der Waals surface area contributed by atoms with Gasteiger partial charge in [-0.05, 0) is 31.1 Å². The van der Waals surface area contributed by atoms with Crippen molar-refractivity contribution in [1.82, 2.24) is 0 Å². The monoisotopic (exact) mass is 396 g/mol. The van der Waals surface area contributed by atoms with Crippen LogP contribution in [0.1, 0.15) is 143 Å². The van der Waals surface area contributed by atoms with Gasteiger partial charge >= 0.3 is 5.97 Å². The van der Waals surface area contributed by atoms with E-state index in [1.54, 1.807) is 0 Å². The van der Waals surface area contributed by atoms with Crippen LogP contribution in [-0.2, 0) is 4.79 Å². The van der Waals surface area contributed by atoms with Crippen molar-refractivity contribution in [3.05, 3.63) is 0 Å². The summed E-state index contributed by atoms with van der Waals surface area (Å²) in [7, 11) is 0. The quantitative estimate of drug-likeness (QED) is 0.196. The van der Waals surface area contributed by atoms with Gasteiger partial charge in [0.15, 0.2) is 0 Å². The minimum Gasteiger partial charge on any atom is -0.481 e. The van der Waals surface area contributed by atoms with Crippen LogP contribution in [0.25, 0.3) is 0 Å². The number of hydrogen-bond acceptors (Lipinski definition) is 1. The molecule has 0 amide bonds. The number of carbonyl (C=O) groups is 1. The van der Waals surface area contributed by atoms with Crippen molar-refractivity contribution in [2.75, 3.05) is 0 Å². The molecule has 0 bridgehead atoms. The zero-order chi connectivity index (χ0) is 21.0. The lowest BCUT2D eigenvalue weighted by Gasteiger charge is -2.16. The third-order valence-electron chi connectivity index (χ3n) is 6.24. The molecule has 2 atom stereocenters. The van der Waals surface area contributed by atoms with Crippen molar-refractivity contribution < 1.29 is 9.90 Å². The molecule has 0 aromatic carbocycles. The Hall–Kier alpha value is -0.530. The number of rotatable bonds is 21. The van der Waals surface area contributed by atoms with Gasteiger partial charge in [0, 0.05) is 0 Å². The Morgan fingerprint density at radius 2 is 1.11 bits per heavy atom. The van der Waals surface area contributed by atoms with Crippen LogP contribution >= 0.6 is 0 Å². The summed E-state index contributed by atoms with van der Waals surface area (Å²) in [6.07, 6.45) is 22.7. The van der Waals surface area contributed by atoms with Crippen LogP contribution in [0.3, 0.4) is 0 Å². The summed E-state index contributed by atoms with van der Waals surface area (Å²) >= 11 is 0. The fraction of sp³-hybridized carbons (Fsp3) is 0.962. The molecule has 28 heavy (non-hydrogen) atoms. The van der Waals surface area contributed by atoms with Crippen molar-refractivity contribution in [3.63, 3.8) is 0 Å². The fourth-order valence-corrected chi connectivity index (χ4v) is 4.13. The third kappa shape index (κ3) is 18.8. The molecule has 2 heteroatoms. The molecule has 0 saturated heterocycles. The Balaban J connectivity index is 3.60. The van der Waals surface area contributed by atoms with Crippen molar-refractivity contribution in [3.8, 4) is 0 Å². The van der Waals surface area contributed by atoms with Crippen LogP contribution in [-0.4, -0.2) is 11.1 Å². The Bertz CT molecular complexity index is 337. The van der Waals surface area contributed by atoms with E-state index in [-0.39, 0.29) is 5.92 Å². The van der Waals surface area contributed by atoms with Crippen molar-refractivity contribution in [2.45, 2.75) is 143 Å². The van der Waals surface area contributed by atoms with Gasteiger partial charge in [-0.1, -0.05) is 124 Å². The standard InChI is InChI=1S/C26H52O2/c1-5-6-7-8-9-10-11-12-13-14-15-16-20-25(26(27)28)22-21-24(4)19-17-18-23(2)3/h23-25H,5-22H2,1-4H3,(H,27,28). The maximum atomic E-state index is 11.5. The summed E-state index contributed by atoms with van der Waals surface area (Å²) in [5.74, 6) is 0.764. The topological polar surface area (TPSA) is 37.3 Å². The summed E-state index contributed by atoms with van der Waals surface area (Å²) in [4.78, 5) is 11.5. The number of carboxylic acid groups (broad SMARTS) is 1. The second kappa shape index (κ2) is 19.8.